The molecule has 1 fully saturated rings. The van der Waals surface area contributed by atoms with E-state index in [0.717, 1.165) is 25.0 Å². The topological polar surface area (TPSA) is 49.8 Å². The number of nitrogens with zero attached hydrogens (tertiary/aromatic N) is 1. The number of aliphatic hydroxyl groups excluding tert-OH is 1. The summed E-state index contributed by atoms with van der Waals surface area (Å²) in [5.41, 5.74) is -0.757. The maximum Gasteiger partial charge on any atom is 0.416 e. The number of alkyl halides is 3. The van der Waals surface area contributed by atoms with Crippen molar-refractivity contribution in [3.05, 3.63) is 29.8 Å². The monoisotopic (exact) mass is 331 g/mol. The van der Waals surface area contributed by atoms with Crippen molar-refractivity contribution in [1.29, 1.82) is 0 Å². The van der Waals surface area contributed by atoms with Gasteiger partial charge in [0.2, 0.25) is 0 Å². The van der Waals surface area contributed by atoms with Gasteiger partial charge in [0.1, 0.15) is 5.75 Å². The van der Waals surface area contributed by atoms with Crippen LogP contribution in [0.2, 0.25) is 0 Å². The molecule has 2 unspecified atom stereocenters. The van der Waals surface area contributed by atoms with Gasteiger partial charge in [-0.2, -0.15) is 13.2 Å². The number of carbonyl (C=O) groups excluding carboxylic acids is 1. The van der Waals surface area contributed by atoms with E-state index in [-0.39, 0.29) is 24.3 Å². The number of carbonyl (C=O) groups is 1. The van der Waals surface area contributed by atoms with E-state index in [9.17, 15) is 23.1 Å². The molecular weight excluding hydrogens is 311 g/mol. The van der Waals surface area contributed by atoms with E-state index < -0.39 is 17.8 Å². The summed E-state index contributed by atoms with van der Waals surface area (Å²) < 4.78 is 42.7. The molecule has 1 aliphatic heterocycles. The largest absolute Gasteiger partial charge is 0.484 e. The van der Waals surface area contributed by atoms with Gasteiger partial charge in [0.15, 0.2) is 6.61 Å². The lowest BCUT2D eigenvalue weighted by atomic mass is 10.1. The van der Waals surface area contributed by atoms with E-state index in [4.69, 9.17) is 4.74 Å². The SMILES string of the molecule is CC(O)CC1CCCN1C(=O)COc1ccc(C(F)(F)F)cc1. The molecule has 0 spiro atoms. The zero-order chi connectivity index (χ0) is 17.0. The molecule has 1 saturated heterocycles. The van der Waals surface area contributed by atoms with E-state index >= 15 is 0 Å². The van der Waals surface area contributed by atoms with Crippen LogP contribution in [-0.4, -0.2) is 41.2 Å². The number of aliphatic hydroxyl groups is 1. The molecular formula is C16H20F3NO3. The summed E-state index contributed by atoms with van der Waals surface area (Å²) in [7, 11) is 0. The molecule has 1 N–H and O–H groups in total. The summed E-state index contributed by atoms with van der Waals surface area (Å²) in [6.45, 7) is 2.08. The Bertz CT molecular complexity index is 528. The summed E-state index contributed by atoms with van der Waals surface area (Å²) in [4.78, 5) is 13.9. The zero-order valence-electron chi connectivity index (χ0n) is 12.8. The molecule has 1 aromatic carbocycles. The summed E-state index contributed by atoms with van der Waals surface area (Å²) in [6.07, 6.45) is -2.63. The van der Waals surface area contributed by atoms with Gasteiger partial charge in [-0.15, -0.1) is 0 Å². The van der Waals surface area contributed by atoms with Crippen LogP contribution in [0.25, 0.3) is 0 Å². The van der Waals surface area contributed by atoms with Crippen molar-refractivity contribution in [2.75, 3.05) is 13.2 Å². The third-order valence-electron chi connectivity index (χ3n) is 3.85. The molecule has 0 aromatic heterocycles. The Morgan fingerprint density at radius 2 is 2.04 bits per heavy atom. The van der Waals surface area contributed by atoms with Crippen molar-refractivity contribution >= 4 is 5.91 Å². The van der Waals surface area contributed by atoms with Crippen LogP contribution >= 0.6 is 0 Å². The number of rotatable bonds is 5. The molecule has 23 heavy (non-hydrogen) atoms. The Labute approximate surface area is 132 Å². The number of hydrogen-bond acceptors (Lipinski definition) is 3. The number of ether oxygens (including phenoxy) is 1. The highest BCUT2D eigenvalue weighted by atomic mass is 19.4. The first-order valence-corrected chi connectivity index (χ1v) is 7.55. The highest BCUT2D eigenvalue weighted by Crippen LogP contribution is 2.30. The molecule has 4 nitrogen and oxygen atoms in total. The van der Waals surface area contributed by atoms with Crippen LogP contribution in [-0.2, 0) is 11.0 Å². The van der Waals surface area contributed by atoms with Crippen LogP contribution in [0, 0.1) is 0 Å². The van der Waals surface area contributed by atoms with Gasteiger partial charge in [-0.1, -0.05) is 0 Å². The standard InChI is InChI=1S/C16H20F3NO3/c1-11(21)9-13-3-2-8-20(13)15(22)10-23-14-6-4-12(5-7-14)16(17,18)19/h4-7,11,13,21H,2-3,8-10H2,1H3. The zero-order valence-corrected chi connectivity index (χ0v) is 12.8. The average Bonchev–Trinajstić information content (AvgIpc) is 2.91. The minimum absolute atomic E-state index is 0.00120. The van der Waals surface area contributed by atoms with Crippen LogP contribution in [0.3, 0.4) is 0 Å². The minimum Gasteiger partial charge on any atom is -0.484 e. The first-order chi connectivity index (χ1) is 10.8. The molecule has 1 aromatic rings. The number of halogens is 3. The lowest BCUT2D eigenvalue weighted by Gasteiger charge is -2.25. The van der Waals surface area contributed by atoms with Crippen molar-refractivity contribution in [1.82, 2.24) is 4.90 Å². The quantitative estimate of drug-likeness (QED) is 0.903. The van der Waals surface area contributed by atoms with E-state index in [1.807, 2.05) is 0 Å². The normalized spacial score (nSPS) is 19.7. The predicted molar refractivity (Wildman–Crippen MR) is 78.0 cm³/mol. The molecule has 1 amide bonds. The number of likely N-dealkylation sites (tertiary alicyclic amines) is 1. The molecule has 1 heterocycles. The van der Waals surface area contributed by atoms with Gasteiger partial charge in [-0.3, -0.25) is 4.79 Å². The van der Waals surface area contributed by atoms with Crippen molar-refractivity contribution in [3.8, 4) is 5.75 Å². The van der Waals surface area contributed by atoms with E-state index in [1.165, 1.54) is 12.1 Å². The summed E-state index contributed by atoms with van der Waals surface area (Å²) >= 11 is 0. The smallest absolute Gasteiger partial charge is 0.416 e. The maximum absolute atomic E-state index is 12.5. The highest BCUT2D eigenvalue weighted by molar-refractivity contribution is 5.78. The second-order valence-corrected chi connectivity index (χ2v) is 5.78. The predicted octanol–water partition coefficient (Wildman–Crippen LogP) is 2.85. The lowest BCUT2D eigenvalue weighted by molar-refractivity contribution is -0.138. The van der Waals surface area contributed by atoms with Crippen LogP contribution in [0.15, 0.2) is 24.3 Å². The van der Waals surface area contributed by atoms with E-state index in [1.54, 1.807) is 11.8 Å². The van der Waals surface area contributed by atoms with Crippen LogP contribution in [0.5, 0.6) is 5.75 Å². The van der Waals surface area contributed by atoms with Gasteiger partial charge in [0, 0.05) is 12.6 Å². The van der Waals surface area contributed by atoms with E-state index in [0.29, 0.717) is 13.0 Å². The van der Waals surface area contributed by atoms with Gasteiger partial charge in [-0.25, -0.2) is 0 Å². The first kappa shape index (κ1) is 17.6. The van der Waals surface area contributed by atoms with Crippen LogP contribution in [0.1, 0.15) is 31.7 Å². The van der Waals surface area contributed by atoms with Crippen LogP contribution < -0.4 is 4.74 Å². The van der Waals surface area contributed by atoms with Crippen molar-refractivity contribution in [2.45, 2.75) is 44.5 Å². The molecule has 0 aliphatic carbocycles. The van der Waals surface area contributed by atoms with Gasteiger partial charge in [0.05, 0.1) is 11.7 Å². The second kappa shape index (κ2) is 7.21. The van der Waals surface area contributed by atoms with Crippen molar-refractivity contribution in [2.24, 2.45) is 0 Å². The van der Waals surface area contributed by atoms with Gasteiger partial charge >= 0.3 is 6.18 Å². The summed E-state index contributed by atoms with van der Waals surface area (Å²) in [6, 6.07) is 4.25. The second-order valence-electron chi connectivity index (χ2n) is 5.78. The van der Waals surface area contributed by atoms with Gasteiger partial charge in [-0.05, 0) is 50.5 Å². The fourth-order valence-electron chi connectivity index (χ4n) is 2.77. The van der Waals surface area contributed by atoms with Gasteiger partial charge in [0.25, 0.3) is 5.91 Å². The third-order valence-corrected chi connectivity index (χ3v) is 3.85. The Balaban J connectivity index is 1.89. The molecule has 0 radical (unpaired) electrons. The van der Waals surface area contributed by atoms with Crippen molar-refractivity contribution in [3.63, 3.8) is 0 Å². The summed E-state index contributed by atoms with van der Waals surface area (Å²) in [5.74, 6) is 0.00525. The average molecular weight is 331 g/mol. The number of hydrogen-bond donors (Lipinski definition) is 1. The lowest BCUT2D eigenvalue weighted by Crippen LogP contribution is -2.40. The molecule has 0 saturated carbocycles. The molecule has 1 aliphatic rings. The van der Waals surface area contributed by atoms with Crippen molar-refractivity contribution < 1.29 is 27.8 Å². The summed E-state index contributed by atoms with van der Waals surface area (Å²) in [5, 5.41) is 9.45. The molecule has 0 bridgehead atoms. The highest BCUT2D eigenvalue weighted by Gasteiger charge is 2.31. The Kier molecular flexibility index (Phi) is 5.51. The molecule has 2 rings (SSSR count). The Hall–Kier alpha value is -1.76. The molecule has 2 atom stereocenters. The fraction of sp³-hybridized carbons (Fsp3) is 0.562. The molecule has 7 heteroatoms. The van der Waals surface area contributed by atoms with E-state index in [2.05, 4.69) is 0 Å². The molecule has 128 valence electrons. The number of benzene rings is 1. The minimum atomic E-state index is -4.39. The third kappa shape index (κ3) is 4.86. The number of amides is 1. The Morgan fingerprint density at radius 3 is 2.61 bits per heavy atom. The maximum atomic E-state index is 12.5. The van der Waals surface area contributed by atoms with Crippen LogP contribution in [0.4, 0.5) is 13.2 Å². The fourth-order valence-corrected chi connectivity index (χ4v) is 2.77. The Morgan fingerprint density at radius 1 is 1.39 bits per heavy atom. The van der Waals surface area contributed by atoms with Gasteiger partial charge < -0.3 is 14.7 Å². The first-order valence-electron chi connectivity index (χ1n) is 7.55.